The molecule has 1 heterocycles. The van der Waals surface area contributed by atoms with Crippen molar-refractivity contribution in [1.29, 1.82) is 0 Å². The predicted molar refractivity (Wildman–Crippen MR) is 60.0 cm³/mol. The van der Waals surface area contributed by atoms with Crippen LogP contribution in [-0.2, 0) is 4.79 Å². The number of fused-ring (bicyclic) bond motifs is 1. The molecule has 0 radical (unpaired) electrons. The lowest BCUT2D eigenvalue weighted by atomic mass is 10.1. The molecule has 0 aromatic heterocycles. The maximum absolute atomic E-state index is 10.7. The molecule has 0 saturated carbocycles. The third-order valence-electron chi connectivity index (χ3n) is 2.24. The largest absolute Gasteiger partial charge is 0.478 e. The highest BCUT2D eigenvalue weighted by atomic mass is 79.9. The van der Waals surface area contributed by atoms with Gasteiger partial charge in [0.05, 0.1) is 0 Å². The van der Waals surface area contributed by atoms with Crippen LogP contribution in [0.3, 0.4) is 0 Å². The molecule has 1 atom stereocenters. The van der Waals surface area contributed by atoms with Gasteiger partial charge in [-0.1, -0.05) is 22.0 Å². The first kappa shape index (κ1) is 10.2. The normalized spacial score (nSPS) is 18.1. The van der Waals surface area contributed by atoms with E-state index in [1.165, 1.54) is 6.08 Å². The Bertz CT molecular complexity index is 451. The van der Waals surface area contributed by atoms with Crippen LogP contribution in [0.2, 0.25) is 0 Å². The molecule has 0 fully saturated rings. The van der Waals surface area contributed by atoms with Crippen LogP contribution >= 0.6 is 15.9 Å². The highest BCUT2D eigenvalue weighted by molar-refractivity contribution is 9.10. The van der Waals surface area contributed by atoms with Crippen molar-refractivity contribution in [3.05, 3.63) is 33.8 Å². The summed E-state index contributed by atoms with van der Waals surface area (Å²) < 4.78 is 6.31. The molecule has 0 bridgehead atoms. The maximum Gasteiger partial charge on any atom is 0.349 e. The average molecular weight is 269 g/mol. The number of benzene rings is 1. The van der Waals surface area contributed by atoms with Crippen LogP contribution in [0.1, 0.15) is 11.1 Å². The minimum absolute atomic E-state index is 0.616. The Kier molecular flexibility index (Phi) is 2.52. The first-order valence-corrected chi connectivity index (χ1v) is 5.25. The zero-order valence-corrected chi connectivity index (χ0v) is 9.61. The molecule has 1 aromatic rings. The molecule has 0 amide bonds. The van der Waals surface area contributed by atoms with Crippen molar-refractivity contribution in [2.75, 3.05) is 0 Å². The van der Waals surface area contributed by atoms with Gasteiger partial charge < -0.3 is 9.84 Å². The molecular weight excluding hydrogens is 260 g/mol. The fourth-order valence-corrected chi connectivity index (χ4v) is 1.76. The second kappa shape index (κ2) is 3.70. The Hall–Kier alpha value is -1.29. The monoisotopic (exact) mass is 268 g/mol. The number of hydrogen-bond acceptors (Lipinski definition) is 2. The van der Waals surface area contributed by atoms with Gasteiger partial charge in [-0.15, -0.1) is 0 Å². The third kappa shape index (κ3) is 1.90. The van der Waals surface area contributed by atoms with Gasteiger partial charge in [0.15, 0.2) is 0 Å². The van der Waals surface area contributed by atoms with Gasteiger partial charge in [0, 0.05) is 10.0 Å². The predicted octanol–water partition coefficient (Wildman–Crippen LogP) is 2.62. The summed E-state index contributed by atoms with van der Waals surface area (Å²) in [5.74, 6) is -0.358. The van der Waals surface area contributed by atoms with Crippen molar-refractivity contribution >= 4 is 28.0 Å². The van der Waals surface area contributed by atoms with E-state index in [1.54, 1.807) is 6.08 Å². The lowest BCUT2D eigenvalue weighted by molar-refractivity contribution is -0.142. The molecular formula is C11H9BrO3. The summed E-state index contributed by atoms with van der Waals surface area (Å²) in [6, 6.07) is 3.75. The van der Waals surface area contributed by atoms with Crippen LogP contribution in [0, 0.1) is 6.92 Å². The standard InChI is InChI=1S/C11H9BrO3/c1-6-4-10-7(5-8(6)12)2-3-9(15-10)11(13)14/h2-5,9H,1H3,(H,13,14). The SMILES string of the molecule is Cc1cc2c(cc1Br)C=CC(C(=O)O)O2. The summed E-state index contributed by atoms with van der Waals surface area (Å²) in [5.41, 5.74) is 1.91. The Morgan fingerprint density at radius 1 is 1.53 bits per heavy atom. The van der Waals surface area contributed by atoms with Gasteiger partial charge in [0.25, 0.3) is 0 Å². The molecule has 0 spiro atoms. The quantitative estimate of drug-likeness (QED) is 0.852. The molecule has 1 N–H and O–H groups in total. The van der Waals surface area contributed by atoms with Gasteiger partial charge >= 0.3 is 5.97 Å². The number of carbonyl (C=O) groups is 1. The minimum Gasteiger partial charge on any atom is -0.478 e. The van der Waals surface area contributed by atoms with Crippen LogP contribution in [0.5, 0.6) is 5.75 Å². The highest BCUT2D eigenvalue weighted by Crippen LogP contribution is 2.31. The molecule has 1 unspecified atom stereocenters. The van der Waals surface area contributed by atoms with Crippen LogP contribution < -0.4 is 4.74 Å². The number of aryl methyl sites for hydroxylation is 1. The van der Waals surface area contributed by atoms with E-state index in [0.717, 1.165) is 15.6 Å². The zero-order chi connectivity index (χ0) is 11.0. The highest BCUT2D eigenvalue weighted by Gasteiger charge is 2.21. The minimum atomic E-state index is -0.975. The van der Waals surface area contributed by atoms with Gasteiger partial charge in [-0.2, -0.15) is 0 Å². The smallest absolute Gasteiger partial charge is 0.349 e. The van der Waals surface area contributed by atoms with Crippen LogP contribution in [0.15, 0.2) is 22.7 Å². The van der Waals surface area contributed by atoms with Crippen LogP contribution in [0.4, 0.5) is 0 Å². The maximum atomic E-state index is 10.7. The lowest BCUT2D eigenvalue weighted by Crippen LogP contribution is -2.26. The van der Waals surface area contributed by atoms with Gasteiger partial charge in [0.2, 0.25) is 6.10 Å². The Labute approximate surface area is 95.5 Å². The molecule has 0 saturated heterocycles. The Balaban J connectivity index is 2.42. The van der Waals surface area contributed by atoms with Crippen molar-refractivity contribution in [3.8, 4) is 5.75 Å². The van der Waals surface area contributed by atoms with Crippen LogP contribution in [-0.4, -0.2) is 17.2 Å². The van der Waals surface area contributed by atoms with E-state index < -0.39 is 12.1 Å². The third-order valence-corrected chi connectivity index (χ3v) is 3.09. The number of carboxylic acid groups (broad SMARTS) is 1. The van der Waals surface area contributed by atoms with Crippen molar-refractivity contribution < 1.29 is 14.6 Å². The van der Waals surface area contributed by atoms with Crippen molar-refractivity contribution in [2.24, 2.45) is 0 Å². The average Bonchev–Trinajstić information content (AvgIpc) is 2.19. The van der Waals surface area contributed by atoms with Crippen molar-refractivity contribution in [3.63, 3.8) is 0 Å². The van der Waals surface area contributed by atoms with Crippen molar-refractivity contribution in [1.82, 2.24) is 0 Å². The van der Waals surface area contributed by atoms with Gasteiger partial charge in [-0.25, -0.2) is 4.79 Å². The number of hydrogen-bond donors (Lipinski definition) is 1. The fraction of sp³-hybridized carbons (Fsp3) is 0.182. The fourth-order valence-electron chi connectivity index (χ4n) is 1.40. The zero-order valence-electron chi connectivity index (χ0n) is 8.03. The Morgan fingerprint density at radius 2 is 2.27 bits per heavy atom. The van der Waals surface area contributed by atoms with E-state index in [0.29, 0.717) is 5.75 Å². The number of rotatable bonds is 1. The molecule has 1 aliphatic rings. The van der Waals surface area contributed by atoms with Crippen LogP contribution in [0.25, 0.3) is 6.08 Å². The summed E-state index contributed by atoms with van der Waals surface area (Å²) in [6.45, 7) is 1.93. The molecule has 1 aromatic carbocycles. The summed E-state index contributed by atoms with van der Waals surface area (Å²) >= 11 is 3.41. The second-order valence-electron chi connectivity index (χ2n) is 3.38. The Morgan fingerprint density at radius 3 is 2.93 bits per heavy atom. The molecule has 1 aliphatic heterocycles. The first-order valence-electron chi connectivity index (χ1n) is 4.46. The molecule has 3 nitrogen and oxygen atoms in total. The topological polar surface area (TPSA) is 46.5 Å². The van der Waals surface area contributed by atoms with Crippen molar-refractivity contribution in [2.45, 2.75) is 13.0 Å². The number of halogens is 1. The number of aliphatic carboxylic acids is 1. The van der Waals surface area contributed by atoms with E-state index in [-0.39, 0.29) is 0 Å². The summed E-state index contributed by atoms with van der Waals surface area (Å²) in [7, 11) is 0. The summed E-state index contributed by atoms with van der Waals surface area (Å²) in [4.78, 5) is 10.7. The first-order chi connectivity index (χ1) is 7.08. The van der Waals surface area contributed by atoms with E-state index in [9.17, 15) is 4.79 Å². The van der Waals surface area contributed by atoms with Gasteiger partial charge in [-0.3, -0.25) is 0 Å². The van der Waals surface area contributed by atoms with E-state index in [2.05, 4.69) is 15.9 Å². The number of carboxylic acids is 1. The van der Waals surface area contributed by atoms with E-state index in [1.807, 2.05) is 19.1 Å². The number of ether oxygens (including phenoxy) is 1. The molecule has 2 rings (SSSR count). The second-order valence-corrected chi connectivity index (χ2v) is 4.23. The molecule has 0 aliphatic carbocycles. The van der Waals surface area contributed by atoms with Gasteiger partial charge in [-0.05, 0) is 30.7 Å². The molecule has 78 valence electrons. The van der Waals surface area contributed by atoms with E-state index in [4.69, 9.17) is 9.84 Å². The molecule has 4 heteroatoms. The lowest BCUT2D eigenvalue weighted by Gasteiger charge is -2.19. The summed E-state index contributed by atoms with van der Waals surface area (Å²) in [6.07, 6.45) is 2.42. The van der Waals surface area contributed by atoms with E-state index >= 15 is 0 Å². The molecule has 15 heavy (non-hydrogen) atoms. The summed E-state index contributed by atoms with van der Waals surface area (Å²) in [5, 5.41) is 8.80. The van der Waals surface area contributed by atoms with Gasteiger partial charge in [0.1, 0.15) is 5.75 Å².